The van der Waals surface area contributed by atoms with Crippen LogP contribution in [0, 0.1) is 5.82 Å². The van der Waals surface area contributed by atoms with E-state index in [0.717, 1.165) is 6.20 Å². The maximum absolute atomic E-state index is 12.3. The minimum absolute atomic E-state index is 0.348. The monoisotopic (exact) mass is 155 g/mol. The molecule has 0 saturated heterocycles. The first-order valence-electron chi connectivity index (χ1n) is 3.47. The third-order valence-electron chi connectivity index (χ3n) is 1.29. The summed E-state index contributed by atoms with van der Waals surface area (Å²) in [7, 11) is 0. The van der Waals surface area contributed by atoms with Crippen molar-refractivity contribution in [2.45, 2.75) is 19.4 Å². The summed E-state index contributed by atoms with van der Waals surface area (Å²) >= 11 is 0. The second-order valence-corrected chi connectivity index (χ2v) is 2.52. The second-order valence-electron chi connectivity index (χ2n) is 2.52. The minimum atomic E-state index is -0.423. The lowest BCUT2D eigenvalue weighted by Gasteiger charge is -2.01. The molecule has 0 radical (unpaired) electrons. The number of aromatic nitrogens is 1. The quantitative estimate of drug-likeness (QED) is 0.694. The van der Waals surface area contributed by atoms with E-state index < -0.39 is 6.10 Å². The predicted octanol–water partition coefficient (Wildman–Crippen LogP) is 1.14. The zero-order valence-electron chi connectivity index (χ0n) is 6.29. The van der Waals surface area contributed by atoms with Gasteiger partial charge in [0.25, 0.3) is 0 Å². The SMILES string of the molecule is C[C@@H](O)Cc1ccc(F)cn1. The van der Waals surface area contributed by atoms with Crippen molar-refractivity contribution in [1.82, 2.24) is 4.98 Å². The van der Waals surface area contributed by atoms with Crippen LogP contribution in [0.5, 0.6) is 0 Å². The minimum Gasteiger partial charge on any atom is -0.393 e. The normalized spacial score (nSPS) is 13.0. The standard InChI is InChI=1S/C8H10FNO/c1-6(11)4-8-3-2-7(9)5-10-8/h2-3,5-6,11H,4H2,1H3/t6-/m1/s1. The van der Waals surface area contributed by atoms with Gasteiger partial charge in [-0.3, -0.25) is 4.98 Å². The van der Waals surface area contributed by atoms with Crippen molar-refractivity contribution >= 4 is 0 Å². The number of aliphatic hydroxyl groups excluding tert-OH is 1. The summed E-state index contributed by atoms with van der Waals surface area (Å²) in [5.74, 6) is -0.348. The molecule has 1 N–H and O–H groups in total. The summed E-state index contributed by atoms with van der Waals surface area (Å²) in [4.78, 5) is 3.78. The Morgan fingerprint density at radius 3 is 2.82 bits per heavy atom. The average molecular weight is 155 g/mol. The largest absolute Gasteiger partial charge is 0.393 e. The van der Waals surface area contributed by atoms with Gasteiger partial charge in [0.15, 0.2) is 0 Å². The molecule has 1 aromatic heterocycles. The summed E-state index contributed by atoms with van der Waals surface area (Å²) in [5, 5.41) is 8.94. The van der Waals surface area contributed by atoms with Crippen LogP contribution in [0.25, 0.3) is 0 Å². The molecule has 1 heterocycles. The third kappa shape index (κ3) is 2.63. The Morgan fingerprint density at radius 2 is 2.36 bits per heavy atom. The lowest BCUT2D eigenvalue weighted by molar-refractivity contribution is 0.194. The molecule has 0 aliphatic heterocycles. The van der Waals surface area contributed by atoms with Crippen LogP contribution in [0.3, 0.4) is 0 Å². The maximum Gasteiger partial charge on any atom is 0.141 e. The van der Waals surface area contributed by atoms with Crippen LogP contribution in [0.15, 0.2) is 18.3 Å². The van der Waals surface area contributed by atoms with Crippen molar-refractivity contribution in [3.63, 3.8) is 0 Å². The number of rotatable bonds is 2. The molecule has 1 atom stereocenters. The van der Waals surface area contributed by atoms with Gasteiger partial charge >= 0.3 is 0 Å². The fourth-order valence-corrected chi connectivity index (χ4v) is 0.830. The van der Waals surface area contributed by atoms with E-state index in [1.807, 2.05) is 0 Å². The van der Waals surface area contributed by atoms with E-state index >= 15 is 0 Å². The highest BCUT2D eigenvalue weighted by molar-refractivity contribution is 5.05. The van der Waals surface area contributed by atoms with Gasteiger partial charge in [-0.2, -0.15) is 0 Å². The Balaban J connectivity index is 2.66. The van der Waals surface area contributed by atoms with Crippen LogP contribution in [-0.4, -0.2) is 16.2 Å². The van der Waals surface area contributed by atoms with Crippen LogP contribution in [-0.2, 0) is 6.42 Å². The molecule has 0 fully saturated rings. The molecule has 0 amide bonds. The fraction of sp³-hybridized carbons (Fsp3) is 0.375. The van der Waals surface area contributed by atoms with E-state index in [-0.39, 0.29) is 5.82 Å². The predicted molar refractivity (Wildman–Crippen MR) is 39.6 cm³/mol. The average Bonchev–Trinajstić information content (AvgIpc) is 1.93. The third-order valence-corrected chi connectivity index (χ3v) is 1.29. The van der Waals surface area contributed by atoms with E-state index in [4.69, 9.17) is 5.11 Å². The van der Waals surface area contributed by atoms with Crippen LogP contribution >= 0.6 is 0 Å². The number of halogens is 1. The Bertz CT molecular complexity index is 220. The molecular formula is C8H10FNO. The molecule has 0 aromatic carbocycles. The van der Waals surface area contributed by atoms with Crippen molar-refractivity contribution in [2.24, 2.45) is 0 Å². The second kappa shape index (κ2) is 3.44. The molecule has 11 heavy (non-hydrogen) atoms. The Kier molecular flexibility index (Phi) is 2.54. The molecule has 0 saturated carbocycles. The molecule has 0 unspecified atom stereocenters. The van der Waals surface area contributed by atoms with E-state index in [0.29, 0.717) is 12.1 Å². The van der Waals surface area contributed by atoms with Gasteiger partial charge in [-0.1, -0.05) is 0 Å². The van der Waals surface area contributed by atoms with E-state index in [1.54, 1.807) is 13.0 Å². The zero-order chi connectivity index (χ0) is 8.27. The van der Waals surface area contributed by atoms with Crippen molar-refractivity contribution in [3.8, 4) is 0 Å². The summed E-state index contributed by atoms with van der Waals surface area (Å²) < 4.78 is 12.3. The molecule has 1 aromatic rings. The van der Waals surface area contributed by atoms with E-state index in [9.17, 15) is 4.39 Å². The molecule has 1 rings (SSSR count). The lowest BCUT2D eigenvalue weighted by atomic mass is 10.2. The highest BCUT2D eigenvalue weighted by Crippen LogP contribution is 2.00. The molecule has 2 nitrogen and oxygen atoms in total. The van der Waals surface area contributed by atoms with Crippen molar-refractivity contribution in [3.05, 3.63) is 29.8 Å². The van der Waals surface area contributed by atoms with Gasteiger partial charge in [0.1, 0.15) is 5.82 Å². The van der Waals surface area contributed by atoms with Crippen molar-refractivity contribution in [1.29, 1.82) is 0 Å². The number of hydrogen-bond acceptors (Lipinski definition) is 2. The van der Waals surface area contributed by atoms with Gasteiger partial charge in [0, 0.05) is 12.1 Å². The Hall–Kier alpha value is -0.960. The summed E-state index contributed by atoms with van der Waals surface area (Å²) in [6, 6.07) is 2.91. The first-order chi connectivity index (χ1) is 5.18. The smallest absolute Gasteiger partial charge is 0.141 e. The molecule has 3 heteroatoms. The number of pyridine rings is 1. The van der Waals surface area contributed by atoms with Gasteiger partial charge in [-0.05, 0) is 19.1 Å². The van der Waals surface area contributed by atoms with Crippen molar-refractivity contribution in [2.75, 3.05) is 0 Å². The van der Waals surface area contributed by atoms with Crippen LogP contribution < -0.4 is 0 Å². The Labute approximate surface area is 64.7 Å². The van der Waals surface area contributed by atoms with Gasteiger partial charge in [-0.25, -0.2) is 4.39 Å². The summed E-state index contributed by atoms with van der Waals surface area (Å²) in [5.41, 5.74) is 0.710. The lowest BCUT2D eigenvalue weighted by Crippen LogP contribution is -2.05. The molecule has 0 aliphatic carbocycles. The highest BCUT2D eigenvalue weighted by atomic mass is 19.1. The number of aliphatic hydroxyl groups is 1. The molecule has 0 aliphatic rings. The first kappa shape index (κ1) is 8.14. The van der Waals surface area contributed by atoms with Gasteiger partial charge < -0.3 is 5.11 Å². The highest BCUT2D eigenvalue weighted by Gasteiger charge is 1.99. The topological polar surface area (TPSA) is 33.1 Å². The van der Waals surface area contributed by atoms with E-state index in [1.165, 1.54) is 6.07 Å². The summed E-state index contributed by atoms with van der Waals surface area (Å²) in [6.07, 6.45) is 1.20. The van der Waals surface area contributed by atoms with Crippen LogP contribution in [0.2, 0.25) is 0 Å². The summed E-state index contributed by atoms with van der Waals surface area (Å²) in [6.45, 7) is 1.67. The van der Waals surface area contributed by atoms with Crippen molar-refractivity contribution < 1.29 is 9.50 Å². The van der Waals surface area contributed by atoms with E-state index in [2.05, 4.69) is 4.98 Å². The van der Waals surface area contributed by atoms with Gasteiger partial charge in [-0.15, -0.1) is 0 Å². The van der Waals surface area contributed by atoms with Crippen LogP contribution in [0.4, 0.5) is 4.39 Å². The number of nitrogens with zero attached hydrogens (tertiary/aromatic N) is 1. The first-order valence-corrected chi connectivity index (χ1v) is 3.47. The Morgan fingerprint density at radius 1 is 1.64 bits per heavy atom. The molecule has 60 valence electrons. The fourth-order valence-electron chi connectivity index (χ4n) is 0.830. The molecule has 0 spiro atoms. The number of hydrogen-bond donors (Lipinski definition) is 1. The zero-order valence-corrected chi connectivity index (χ0v) is 6.29. The molecule has 0 bridgehead atoms. The van der Waals surface area contributed by atoms with Gasteiger partial charge in [0.05, 0.1) is 12.3 Å². The molecular weight excluding hydrogens is 145 g/mol. The maximum atomic E-state index is 12.3. The van der Waals surface area contributed by atoms with Gasteiger partial charge in [0.2, 0.25) is 0 Å². The van der Waals surface area contributed by atoms with Crippen LogP contribution in [0.1, 0.15) is 12.6 Å².